The molecule has 0 bridgehead atoms. The van der Waals surface area contributed by atoms with Crippen molar-refractivity contribution in [1.29, 1.82) is 0 Å². The number of nitro groups is 1. The summed E-state index contributed by atoms with van der Waals surface area (Å²) in [6, 6.07) is 4.55. The Morgan fingerprint density at radius 1 is 1.17 bits per heavy atom. The maximum absolute atomic E-state index is 12.5. The third-order valence-electron chi connectivity index (χ3n) is 4.90. The van der Waals surface area contributed by atoms with E-state index in [1.165, 1.54) is 49.6 Å². The molecule has 0 fully saturated rings. The van der Waals surface area contributed by atoms with Gasteiger partial charge in [-0.15, -0.1) is 0 Å². The molecule has 0 amide bonds. The monoisotopic (exact) mass is 433 g/mol. The molecule has 0 unspecified atom stereocenters. The van der Waals surface area contributed by atoms with E-state index in [-0.39, 0.29) is 11.2 Å². The molecule has 1 N–H and O–H groups in total. The van der Waals surface area contributed by atoms with Crippen LogP contribution in [0.4, 0.5) is 5.69 Å². The van der Waals surface area contributed by atoms with Gasteiger partial charge in [-0.1, -0.05) is 50.8 Å². The molecule has 0 spiro atoms. The lowest BCUT2D eigenvalue weighted by Crippen LogP contribution is -2.17. The molecule has 2 aromatic rings. The minimum atomic E-state index is -0.425. The quantitative estimate of drug-likeness (QED) is 0.146. The Bertz CT molecular complexity index is 898. The summed E-state index contributed by atoms with van der Waals surface area (Å²) < 4.78 is 5.58. The average molecular weight is 434 g/mol. The first-order chi connectivity index (χ1) is 14.5. The molecule has 0 aliphatic rings. The van der Waals surface area contributed by atoms with E-state index in [0.29, 0.717) is 28.8 Å². The second kappa shape index (κ2) is 12.4. The number of aryl methyl sites for hydroxylation is 1. The second-order valence-electron chi connectivity index (χ2n) is 7.22. The maximum Gasteiger partial charge on any atom is 0.270 e. The minimum Gasteiger partial charge on any atom is -0.494 e. The van der Waals surface area contributed by atoms with Crippen LogP contribution in [0.15, 0.2) is 28.2 Å². The second-order valence-corrected chi connectivity index (χ2v) is 8.19. The van der Waals surface area contributed by atoms with Crippen LogP contribution in [0.1, 0.15) is 69.2 Å². The number of hydrogen-bond acceptors (Lipinski definition) is 6. The molecule has 0 aliphatic heterocycles. The Morgan fingerprint density at radius 2 is 1.90 bits per heavy atom. The van der Waals surface area contributed by atoms with Gasteiger partial charge >= 0.3 is 0 Å². The normalized spacial score (nSPS) is 10.9. The highest BCUT2D eigenvalue weighted by atomic mass is 32.2. The van der Waals surface area contributed by atoms with Crippen LogP contribution in [0.3, 0.4) is 0 Å². The van der Waals surface area contributed by atoms with E-state index < -0.39 is 4.92 Å². The number of ether oxygens (including phenoxy) is 1. The molecule has 164 valence electrons. The number of aromatic nitrogens is 2. The molecule has 1 heterocycles. The standard InChI is InChI=1S/C22H31N3O4S/c1-4-6-7-8-9-10-11-19-16(3)23-22(24-21(19)26)30-15-17-14-18(25(27)28)12-13-20(17)29-5-2/h12-14H,4-11,15H2,1-3H3,(H,23,24,26). The lowest BCUT2D eigenvalue weighted by atomic mass is 10.1. The molecule has 2 rings (SSSR count). The van der Waals surface area contributed by atoms with Crippen LogP contribution in [0.2, 0.25) is 0 Å². The summed E-state index contributed by atoms with van der Waals surface area (Å²) in [5, 5.41) is 11.6. The molecule has 8 heteroatoms. The van der Waals surface area contributed by atoms with E-state index in [1.807, 2.05) is 13.8 Å². The van der Waals surface area contributed by atoms with Crippen LogP contribution < -0.4 is 10.3 Å². The maximum atomic E-state index is 12.5. The van der Waals surface area contributed by atoms with E-state index in [9.17, 15) is 14.9 Å². The Morgan fingerprint density at radius 3 is 2.57 bits per heavy atom. The Balaban J connectivity index is 2.03. The van der Waals surface area contributed by atoms with Crippen molar-refractivity contribution in [2.75, 3.05) is 6.61 Å². The zero-order valence-corrected chi connectivity index (χ0v) is 18.8. The number of benzene rings is 1. The van der Waals surface area contributed by atoms with Gasteiger partial charge in [0.1, 0.15) is 5.75 Å². The highest BCUT2D eigenvalue weighted by molar-refractivity contribution is 7.98. The summed E-state index contributed by atoms with van der Waals surface area (Å²) in [5.74, 6) is 1.02. The number of thioether (sulfide) groups is 1. The van der Waals surface area contributed by atoms with Crippen molar-refractivity contribution in [1.82, 2.24) is 9.97 Å². The molecule has 7 nitrogen and oxygen atoms in total. The van der Waals surface area contributed by atoms with Crippen molar-refractivity contribution >= 4 is 17.4 Å². The number of nitrogens with zero attached hydrogens (tertiary/aromatic N) is 2. The van der Waals surface area contributed by atoms with Crippen molar-refractivity contribution in [2.24, 2.45) is 0 Å². The minimum absolute atomic E-state index is 0.0148. The zero-order chi connectivity index (χ0) is 21.9. The number of hydrogen-bond donors (Lipinski definition) is 1. The van der Waals surface area contributed by atoms with Crippen LogP contribution in [-0.4, -0.2) is 21.5 Å². The number of aromatic amines is 1. The molecule has 0 saturated heterocycles. The fourth-order valence-electron chi connectivity index (χ4n) is 3.26. The van der Waals surface area contributed by atoms with Crippen LogP contribution in [-0.2, 0) is 12.2 Å². The summed E-state index contributed by atoms with van der Waals surface area (Å²) in [6.07, 6.45) is 7.81. The van der Waals surface area contributed by atoms with Gasteiger partial charge < -0.3 is 9.72 Å². The van der Waals surface area contributed by atoms with E-state index >= 15 is 0 Å². The van der Waals surface area contributed by atoms with Crippen molar-refractivity contribution in [3.63, 3.8) is 0 Å². The number of rotatable bonds is 13. The summed E-state index contributed by atoms with van der Waals surface area (Å²) in [5.41, 5.74) is 2.12. The fraction of sp³-hybridized carbons (Fsp3) is 0.545. The summed E-state index contributed by atoms with van der Waals surface area (Å²) in [6.45, 7) is 6.40. The zero-order valence-electron chi connectivity index (χ0n) is 18.0. The smallest absolute Gasteiger partial charge is 0.270 e. The first kappa shape index (κ1) is 23.9. The first-order valence-electron chi connectivity index (χ1n) is 10.6. The molecule has 0 aliphatic carbocycles. The van der Waals surface area contributed by atoms with Crippen molar-refractivity contribution in [2.45, 2.75) is 76.6 Å². The predicted molar refractivity (Wildman–Crippen MR) is 121 cm³/mol. The van der Waals surface area contributed by atoms with Gasteiger partial charge in [-0.3, -0.25) is 14.9 Å². The van der Waals surface area contributed by atoms with E-state index in [2.05, 4.69) is 16.9 Å². The van der Waals surface area contributed by atoms with Gasteiger partial charge in [0, 0.05) is 34.7 Å². The topological polar surface area (TPSA) is 98.1 Å². The third-order valence-corrected chi connectivity index (χ3v) is 5.82. The number of unbranched alkanes of at least 4 members (excludes halogenated alkanes) is 5. The molecule has 0 atom stereocenters. The van der Waals surface area contributed by atoms with Gasteiger partial charge in [0.2, 0.25) is 0 Å². The third kappa shape index (κ3) is 7.16. The number of non-ortho nitro benzene ring substituents is 1. The lowest BCUT2D eigenvalue weighted by Gasteiger charge is -2.10. The molecule has 1 aromatic carbocycles. The van der Waals surface area contributed by atoms with Gasteiger partial charge in [0.05, 0.1) is 11.5 Å². The lowest BCUT2D eigenvalue weighted by molar-refractivity contribution is -0.384. The molecule has 0 saturated carbocycles. The van der Waals surface area contributed by atoms with E-state index in [4.69, 9.17) is 4.74 Å². The van der Waals surface area contributed by atoms with E-state index in [1.54, 1.807) is 6.07 Å². The van der Waals surface area contributed by atoms with Crippen molar-refractivity contribution in [3.8, 4) is 5.75 Å². The molecular weight excluding hydrogens is 402 g/mol. The summed E-state index contributed by atoms with van der Waals surface area (Å²) in [7, 11) is 0. The van der Waals surface area contributed by atoms with Gasteiger partial charge in [0.15, 0.2) is 5.16 Å². The molecule has 1 aromatic heterocycles. The Hall–Kier alpha value is -2.35. The number of H-pyrrole nitrogens is 1. The van der Waals surface area contributed by atoms with Gasteiger partial charge in [-0.05, 0) is 32.8 Å². The van der Waals surface area contributed by atoms with Crippen LogP contribution in [0.25, 0.3) is 0 Å². The summed E-state index contributed by atoms with van der Waals surface area (Å²) >= 11 is 1.34. The highest BCUT2D eigenvalue weighted by Gasteiger charge is 2.14. The van der Waals surface area contributed by atoms with Gasteiger partial charge in [-0.2, -0.15) is 0 Å². The van der Waals surface area contributed by atoms with Crippen LogP contribution >= 0.6 is 11.8 Å². The van der Waals surface area contributed by atoms with Crippen molar-refractivity contribution < 1.29 is 9.66 Å². The van der Waals surface area contributed by atoms with E-state index in [0.717, 1.165) is 30.5 Å². The van der Waals surface area contributed by atoms with Gasteiger partial charge in [0.25, 0.3) is 11.2 Å². The average Bonchev–Trinajstić information content (AvgIpc) is 2.71. The molecule has 30 heavy (non-hydrogen) atoms. The van der Waals surface area contributed by atoms with Crippen LogP contribution in [0, 0.1) is 17.0 Å². The van der Waals surface area contributed by atoms with Crippen LogP contribution in [0.5, 0.6) is 5.75 Å². The SMILES string of the molecule is CCCCCCCCc1c(C)nc(SCc2cc([N+](=O)[O-])ccc2OCC)[nH]c1=O. The predicted octanol–water partition coefficient (Wildman–Crippen LogP) is 5.58. The first-order valence-corrected chi connectivity index (χ1v) is 11.6. The highest BCUT2D eigenvalue weighted by Crippen LogP contribution is 2.29. The molecule has 0 radical (unpaired) electrons. The number of nitro benzene ring substituents is 1. The fourth-order valence-corrected chi connectivity index (χ4v) is 4.15. The Labute approximate surface area is 181 Å². The van der Waals surface area contributed by atoms with Crippen molar-refractivity contribution in [3.05, 3.63) is 55.5 Å². The Kier molecular flexibility index (Phi) is 9.86. The number of nitrogens with one attached hydrogen (secondary N) is 1. The largest absolute Gasteiger partial charge is 0.494 e. The molecular formula is C22H31N3O4S. The van der Waals surface area contributed by atoms with Gasteiger partial charge in [-0.25, -0.2) is 4.98 Å². The summed E-state index contributed by atoms with van der Waals surface area (Å²) in [4.78, 5) is 30.6.